The lowest BCUT2D eigenvalue weighted by atomic mass is 10.1. The zero-order valence-corrected chi connectivity index (χ0v) is 14.1. The van der Waals surface area contributed by atoms with E-state index in [4.69, 9.17) is 9.47 Å². The molecular formula is C19H22N2O4. The Hall–Kier alpha value is -2.73. The van der Waals surface area contributed by atoms with Gasteiger partial charge in [-0.25, -0.2) is 4.79 Å². The van der Waals surface area contributed by atoms with Gasteiger partial charge in [-0.1, -0.05) is 24.3 Å². The number of aliphatic hydroxyl groups excluding tert-OH is 1. The second-order valence-corrected chi connectivity index (χ2v) is 5.90. The van der Waals surface area contributed by atoms with Gasteiger partial charge in [-0.15, -0.1) is 0 Å². The fraction of sp³-hybridized carbons (Fsp3) is 0.316. The monoisotopic (exact) mass is 342 g/mol. The molecule has 2 amide bonds. The summed E-state index contributed by atoms with van der Waals surface area (Å²) in [6, 6.07) is 14.4. The molecule has 0 aliphatic carbocycles. The Bertz CT molecular complexity index is 727. The van der Waals surface area contributed by atoms with E-state index in [1.54, 1.807) is 24.1 Å². The van der Waals surface area contributed by atoms with Crippen LogP contribution in [0.3, 0.4) is 0 Å². The highest BCUT2D eigenvalue weighted by Gasteiger charge is 2.22. The van der Waals surface area contributed by atoms with E-state index in [1.807, 2.05) is 36.4 Å². The first-order valence-corrected chi connectivity index (χ1v) is 8.31. The van der Waals surface area contributed by atoms with Crippen LogP contribution < -0.4 is 14.8 Å². The molecule has 2 N–H and O–H groups in total. The van der Waals surface area contributed by atoms with Crippen LogP contribution in [0.5, 0.6) is 17.2 Å². The minimum absolute atomic E-state index is 0.192. The molecule has 1 fully saturated rings. The highest BCUT2D eigenvalue weighted by molar-refractivity contribution is 5.91. The molecule has 0 unspecified atom stereocenters. The zero-order valence-electron chi connectivity index (χ0n) is 14.1. The Morgan fingerprint density at radius 3 is 2.32 bits per heavy atom. The van der Waals surface area contributed by atoms with Crippen LogP contribution in [0, 0.1) is 0 Å². The minimum atomic E-state index is -0.315. The number of benzene rings is 2. The summed E-state index contributed by atoms with van der Waals surface area (Å²) in [5.74, 6) is 1.74. The average molecular weight is 342 g/mol. The first-order valence-electron chi connectivity index (χ1n) is 8.31. The number of hydrogen-bond acceptors (Lipinski definition) is 4. The van der Waals surface area contributed by atoms with Crippen molar-refractivity contribution >= 4 is 11.7 Å². The maximum atomic E-state index is 12.5. The van der Waals surface area contributed by atoms with Crippen LogP contribution in [0.15, 0.2) is 48.5 Å². The molecule has 0 bridgehead atoms. The third-order valence-electron chi connectivity index (χ3n) is 4.17. The molecule has 0 aromatic heterocycles. The van der Waals surface area contributed by atoms with Gasteiger partial charge in [-0.05, 0) is 37.1 Å². The summed E-state index contributed by atoms with van der Waals surface area (Å²) >= 11 is 0. The molecule has 1 aliphatic rings. The number of amides is 2. The van der Waals surface area contributed by atoms with Crippen LogP contribution in [0.25, 0.3) is 0 Å². The quantitative estimate of drug-likeness (QED) is 0.892. The number of anilines is 1. The van der Waals surface area contributed by atoms with Crippen LogP contribution in [0.4, 0.5) is 10.5 Å². The van der Waals surface area contributed by atoms with Gasteiger partial charge in [-0.3, -0.25) is 0 Å². The van der Waals surface area contributed by atoms with E-state index in [2.05, 4.69) is 5.32 Å². The summed E-state index contributed by atoms with van der Waals surface area (Å²) in [6.07, 6.45) is 0.893. The zero-order chi connectivity index (χ0) is 17.6. The Labute approximate surface area is 147 Å². The largest absolute Gasteiger partial charge is 0.493 e. The number of nitrogens with one attached hydrogen (secondary N) is 1. The van der Waals surface area contributed by atoms with Crippen LogP contribution in [-0.2, 0) is 0 Å². The van der Waals surface area contributed by atoms with Gasteiger partial charge in [-0.2, -0.15) is 0 Å². The summed E-state index contributed by atoms with van der Waals surface area (Å²) in [5.41, 5.74) is 0.588. The number of hydrogen-bond donors (Lipinski definition) is 2. The number of ether oxygens (including phenoxy) is 2. The molecule has 6 heteroatoms. The van der Waals surface area contributed by atoms with E-state index in [9.17, 15) is 9.90 Å². The number of urea groups is 1. The van der Waals surface area contributed by atoms with Crippen molar-refractivity contribution in [2.24, 2.45) is 0 Å². The van der Waals surface area contributed by atoms with E-state index < -0.39 is 0 Å². The number of nitrogens with zero attached hydrogens (tertiary/aromatic N) is 1. The van der Waals surface area contributed by atoms with Gasteiger partial charge in [0.1, 0.15) is 0 Å². The molecule has 0 saturated carbocycles. The first-order chi connectivity index (χ1) is 12.2. The fourth-order valence-electron chi connectivity index (χ4n) is 2.74. The van der Waals surface area contributed by atoms with Gasteiger partial charge < -0.3 is 24.8 Å². The van der Waals surface area contributed by atoms with E-state index in [1.165, 1.54) is 0 Å². The van der Waals surface area contributed by atoms with E-state index in [0.717, 1.165) is 0 Å². The summed E-state index contributed by atoms with van der Waals surface area (Å²) < 4.78 is 11.2. The molecule has 1 aliphatic heterocycles. The third kappa shape index (κ3) is 4.22. The minimum Gasteiger partial charge on any atom is -0.493 e. The van der Waals surface area contributed by atoms with Crippen molar-refractivity contribution < 1.29 is 19.4 Å². The number of carbonyl (C=O) groups is 1. The van der Waals surface area contributed by atoms with Gasteiger partial charge in [0.25, 0.3) is 0 Å². The lowest BCUT2D eigenvalue weighted by Gasteiger charge is -2.29. The average Bonchev–Trinajstić information content (AvgIpc) is 2.64. The van der Waals surface area contributed by atoms with Crippen molar-refractivity contribution in [3.05, 3.63) is 48.5 Å². The molecule has 2 aromatic carbocycles. The van der Waals surface area contributed by atoms with Gasteiger partial charge in [0.15, 0.2) is 17.2 Å². The summed E-state index contributed by atoms with van der Waals surface area (Å²) in [7, 11) is 1.58. The number of piperidine rings is 1. The Balaban J connectivity index is 1.73. The van der Waals surface area contributed by atoms with Crippen molar-refractivity contribution in [3.8, 4) is 17.2 Å². The number of rotatable bonds is 4. The Kier molecular flexibility index (Phi) is 5.40. The predicted molar refractivity (Wildman–Crippen MR) is 95.3 cm³/mol. The molecule has 1 saturated heterocycles. The van der Waals surface area contributed by atoms with E-state index in [0.29, 0.717) is 48.9 Å². The second-order valence-electron chi connectivity index (χ2n) is 5.90. The summed E-state index contributed by atoms with van der Waals surface area (Å²) in [5, 5.41) is 12.5. The molecule has 0 atom stereocenters. The Morgan fingerprint density at radius 2 is 1.64 bits per heavy atom. The number of aliphatic hydroxyl groups is 1. The molecule has 132 valence electrons. The smallest absolute Gasteiger partial charge is 0.321 e. The number of likely N-dealkylation sites (tertiary alicyclic amines) is 1. The molecule has 25 heavy (non-hydrogen) atoms. The first kappa shape index (κ1) is 17.1. The predicted octanol–water partition coefficient (Wildman–Crippen LogP) is 3.48. The van der Waals surface area contributed by atoms with Crippen LogP contribution in [0.2, 0.25) is 0 Å². The molecule has 0 radical (unpaired) electrons. The topological polar surface area (TPSA) is 71.0 Å². The molecule has 6 nitrogen and oxygen atoms in total. The Morgan fingerprint density at radius 1 is 1.04 bits per heavy atom. The van der Waals surface area contributed by atoms with Crippen molar-refractivity contribution in [1.82, 2.24) is 4.90 Å². The summed E-state index contributed by atoms with van der Waals surface area (Å²) in [4.78, 5) is 14.2. The van der Waals surface area contributed by atoms with Gasteiger partial charge >= 0.3 is 6.03 Å². The van der Waals surface area contributed by atoms with Crippen LogP contribution >= 0.6 is 0 Å². The van der Waals surface area contributed by atoms with Gasteiger partial charge in [0, 0.05) is 13.1 Å². The maximum absolute atomic E-state index is 12.5. The van der Waals surface area contributed by atoms with Gasteiger partial charge in [0.2, 0.25) is 0 Å². The number of methoxy groups -OCH3 is 1. The molecule has 1 heterocycles. The highest BCUT2D eigenvalue weighted by Crippen LogP contribution is 2.34. The number of para-hydroxylation sites is 4. The molecule has 0 spiro atoms. The van der Waals surface area contributed by atoms with E-state index >= 15 is 0 Å². The highest BCUT2D eigenvalue weighted by atomic mass is 16.5. The molecule has 3 rings (SSSR count). The lowest BCUT2D eigenvalue weighted by molar-refractivity contribution is 0.0972. The van der Waals surface area contributed by atoms with Crippen LogP contribution in [0.1, 0.15) is 12.8 Å². The normalized spacial score (nSPS) is 14.9. The second kappa shape index (κ2) is 7.90. The standard InChI is InChI=1S/C19H22N2O4/c1-24-17-8-4-5-9-18(17)25-16-7-3-2-6-15(16)20-19(23)21-12-10-14(22)11-13-21/h2-9,14,22H,10-13H2,1H3,(H,20,23). The third-order valence-corrected chi connectivity index (χ3v) is 4.17. The van der Waals surface area contributed by atoms with Crippen molar-refractivity contribution in [3.63, 3.8) is 0 Å². The van der Waals surface area contributed by atoms with Crippen molar-refractivity contribution in [2.45, 2.75) is 18.9 Å². The summed E-state index contributed by atoms with van der Waals surface area (Å²) in [6.45, 7) is 1.09. The van der Waals surface area contributed by atoms with Gasteiger partial charge in [0.05, 0.1) is 18.9 Å². The van der Waals surface area contributed by atoms with Crippen molar-refractivity contribution in [2.75, 3.05) is 25.5 Å². The molecule has 2 aromatic rings. The molecular weight excluding hydrogens is 320 g/mol. The maximum Gasteiger partial charge on any atom is 0.321 e. The fourth-order valence-corrected chi connectivity index (χ4v) is 2.74. The van der Waals surface area contributed by atoms with Crippen molar-refractivity contribution in [1.29, 1.82) is 0 Å². The lowest BCUT2D eigenvalue weighted by Crippen LogP contribution is -2.42. The van der Waals surface area contributed by atoms with E-state index in [-0.39, 0.29) is 12.1 Å². The number of carbonyl (C=O) groups excluding carboxylic acids is 1. The SMILES string of the molecule is COc1ccccc1Oc1ccccc1NC(=O)N1CCC(O)CC1. The van der Waals surface area contributed by atoms with Crippen LogP contribution in [-0.4, -0.2) is 42.3 Å².